The molecule has 6 atom stereocenters. The lowest BCUT2D eigenvalue weighted by Crippen LogP contribution is -2.75. The number of alkyl halides is 2. The lowest BCUT2D eigenvalue weighted by molar-refractivity contribution is -0.415. The van der Waals surface area contributed by atoms with E-state index in [1.165, 1.54) is 13.8 Å². The Kier molecular flexibility index (Phi) is 15.4. The average Bonchev–Trinajstić information content (AvgIpc) is 3.21. The number of carboxylic acids is 1. The summed E-state index contributed by atoms with van der Waals surface area (Å²) in [5.74, 6) is -13.5. The monoisotopic (exact) mass is 790 g/mol. The lowest BCUT2D eigenvalue weighted by atomic mass is 9.87. The van der Waals surface area contributed by atoms with Crippen molar-refractivity contribution in [3.8, 4) is 0 Å². The number of hydrogen-bond acceptors (Lipinski definition) is 9. The van der Waals surface area contributed by atoms with Crippen molar-refractivity contribution < 1.29 is 57.1 Å². The molecule has 12 nitrogen and oxygen atoms in total. The highest BCUT2D eigenvalue weighted by Gasteiger charge is 2.71. The molecule has 1 heterocycles. The van der Waals surface area contributed by atoms with Crippen molar-refractivity contribution in [3.05, 3.63) is 144 Å². The van der Waals surface area contributed by atoms with Gasteiger partial charge in [-0.2, -0.15) is 8.78 Å². The molecule has 0 aromatic heterocycles. The number of amides is 2. The number of ether oxygens (including phenoxy) is 5. The molecule has 0 aliphatic carbocycles. The van der Waals surface area contributed by atoms with Gasteiger partial charge in [-0.15, -0.1) is 0 Å². The van der Waals surface area contributed by atoms with Crippen LogP contribution in [0.1, 0.15) is 36.1 Å². The van der Waals surface area contributed by atoms with Crippen LogP contribution < -0.4 is 10.6 Å². The van der Waals surface area contributed by atoms with Crippen LogP contribution in [-0.2, 0) is 64.5 Å². The van der Waals surface area contributed by atoms with Crippen molar-refractivity contribution in [1.29, 1.82) is 0 Å². The molecule has 14 heteroatoms. The Labute approximate surface area is 330 Å². The van der Waals surface area contributed by atoms with E-state index in [-0.39, 0.29) is 26.4 Å². The molecular formula is C43H48F2N2O10. The van der Waals surface area contributed by atoms with E-state index in [1.807, 2.05) is 66.0 Å². The summed E-state index contributed by atoms with van der Waals surface area (Å²) in [6.07, 6.45) is -6.30. The third-order valence-electron chi connectivity index (χ3n) is 9.28. The lowest BCUT2D eigenvalue weighted by Gasteiger charge is -2.51. The minimum atomic E-state index is -4.82. The second-order valence-corrected chi connectivity index (χ2v) is 13.9. The van der Waals surface area contributed by atoms with Gasteiger partial charge in [0.25, 0.3) is 11.7 Å². The molecule has 1 aliphatic heterocycles. The average molecular weight is 791 g/mol. The van der Waals surface area contributed by atoms with Crippen LogP contribution in [0.25, 0.3) is 0 Å². The maximum Gasteiger partial charge on any atom is 0.379 e. The van der Waals surface area contributed by atoms with Gasteiger partial charge in [-0.1, -0.05) is 135 Å². The summed E-state index contributed by atoms with van der Waals surface area (Å²) in [4.78, 5) is 37.8. The summed E-state index contributed by atoms with van der Waals surface area (Å²) in [7, 11) is 0. The molecule has 4 N–H and O–H groups in total. The van der Waals surface area contributed by atoms with Crippen LogP contribution in [0.15, 0.2) is 121 Å². The molecule has 0 radical (unpaired) electrons. The van der Waals surface area contributed by atoms with Gasteiger partial charge in [-0.3, -0.25) is 9.59 Å². The molecule has 2 amide bonds. The summed E-state index contributed by atoms with van der Waals surface area (Å²) in [6.45, 7) is 1.27. The minimum absolute atomic E-state index is 0.0192. The van der Waals surface area contributed by atoms with Gasteiger partial charge in [0.1, 0.15) is 30.5 Å². The Balaban J connectivity index is 1.54. The molecule has 304 valence electrons. The zero-order valence-electron chi connectivity index (χ0n) is 31.7. The maximum atomic E-state index is 16.9. The summed E-state index contributed by atoms with van der Waals surface area (Å²) in [5, 5.41) is 26.1. The number of nitrogens with one attached hydrogen (secondary N) is 2. The number of aliphatic carboxylic acids is 1. The third kappa shape index (κ3) is 11.5. The van der Waals surface area contributed by atoms with E-state index in [2.05, 4.69) is 5.32 Å². The van der Waals surface area contributed by atoms with Crippen molar-refractivity contribution in [1.82, 2.24) is 10.6 Å². The highest BCUT2D eigenvalue weighted by atomic mass is 19.3. The van der Waals surface area contributed by atoms with Gasteiger partial charge in [-0.25, -0.2) is 4.79 Å². The molecule has 0 unspecified atom stereocenters. The zero-order valence-corrected chi connectivity index (χ0v) is 31.7. The number of carbonyl (C=O) groups excluding carboxylic acids is 2. The third-order valence-corrected chi connectivity index (χ3v) is 9.28. The van der Waals surface area contributed by atoms with Crippen LogP contribution in [0.5, 0.6) is 0 Å². The van der Waals surface area contributed by atoms with Gasteiger partial charge < -0.3 is 44.5 Å². The van der Waals surface area contributed by atoms with Gasteiger partial charge in [-0.05, 0) is 22.3 Å². The summed E-state index contributed by atoms with van der Waals surface area (Å²) < 4.78 is 64.8. The Morgan fingerprint density at radius 2 is 1.16 bits per heavy atom. The molecule has 4 aromatic carbocycles. The number of rotatable bonds is 20. The standard InChI is InChI=1S/C43H48F2N2O10/c1-29(2)39(48)47-34(40(49)50)23-46-41(51)42(44,45)43(52)38(56-27-33-21-13-6-14-22-33)37(55-26-32-19-11-5-12-20-32)36(54-25-31-17-9-4-10-18-31)35(57-43)28-53-24-30-15-7-3-8-16-30/h3-22,29,34-38,52H,23-28H2,1-2H3,(H,46,51)(H,47,48)(H,49,50)/t34-,35+,36-,37-,38+,43+/m0/s1. The van der Waals surface area contributed by atoms with E-state index in [1.54, 1.807) is 60.7 Å². The van der Waals surface area contributed by atoms with Gasteiger partial charge in [0.2, 0.25) is 5.91 Å². The van der Waals surface area contributed by atoms with Gasteiger partial charge >= 0.3 is 11.9 Å². The Hall–Kier alpha value is -5.09. The fraction of sp³-hybridized carbons (Fsp3) is 0.372. The van der Waals surface area contributed by atoms with Crippen LogP contribution in [0.3, 0.4) is 0 Å². The molecular weight excluding hydrogens is 742 g/mol. The van der Waals surface area contributed by atoms with Crippen molar-refractivity contribution in [2.24, 2.45) is 5.92 Å². The molecule has 4 aromatic rings. The van der Waals surface area contributed by atoms with E-state index >= 15 is 8.78 Å². The van der Waals surface area contributed by atoms with Crippen molar-refractivity contribution in [2.75, 3.05) is 13.2 Å². The number of carbonyl (C=O) groups is 3. The van der Waals surface area contributed by atoms with E-state index in [0.29, 0.717) is 11.1 Å². The molecule has 0 spiro atoms. The largest absolute Gasteiger partial charge is 0.480 e. The van der Waals surface area contributed by atoms with Crippen LogP contribution >= 0.6 is 0 Å². The first-order valence-electron chi connectivity index (χ1n) is 18.6. The Bertz CT molecular complexity index is 1860. The second kappa shape index (κ2) is 20.4. The smallest absolute Gasteiger partial charge is 0.379 e. The zero-order chi connectivity index (χ0) is 40.8. The highest BCUT2D eigenvalue weighted by Crippen LogP contribution is 2.44. The van der Waals surface area contributed by atoms with E-state index < -0.39 is 79.0 Å². The van der Waals surface area contributed by atoms with Gasteiger partial charge in [0.15, 0.2) is 0 Å². The van der Waals surface area contributed by atoms with Crippen molar-refractivity contribution in [3.63, 3.8) is 0 Å². The van der Waals surface area contributed by atoms with Crippen molar-refractivity contribution in [2.45, 2.75) is 82.4 Å². The van der Waals surface area contributed by atoms with Crippen LogP contribution in [0.4, 0.5) is 8.78 Å². The van der Waals surface area contributed by atoms with Crippen LogP contribution in [0.2, 0.25) is 0 Å². The number of halogens is 2. The van der Waals surface area contributed by atoms with E-state index in [0.717, 1.165) is 11.1 Å². The predicted molar refractivity (Wildman–Crippen MR) is 203 cm³/mol. The molecule has 1 fully saturated rings. The Morgan fingerprint density at radius 1 is 0.719 bits per heavy atom. The van der Waals surface area contributed by atoms with Gasteiger partial charge in [0.05, 0.1) is 33.0 Å². The summed E-state index contributed by atoms with van der Waals surface area (Å²) >= 11 is 0. The summed E-state index contributed by atoms with van der Waals surface area (Å²) in [5.41, 5.74) is 2.73. The molecule has 1 aliphatic rings. The molecule has 57 heavy (non-hydrogen) atoms. The summed E-state index contributed by atoms with van der Waals surface area (Å²) in [6, 6.07) is 33.9. The highest BCUT2D eigenvalue weighted by molar-refractivity contribution is 5.87. The van der Waals surface area contributed by atoms with Crippen LogP contribution in [0, 0.1) is 5.92 Å². The normalized spacial score (nSPS) is 21.4. The maximum absolute atomic E-state index is 16.9. The fourth-order valence-corrected chi connectivity index (χ4v) is 6.11. The Morgan fingerprint density at radius 3 is 1.61 bits per heavy atom. The first-order valence-corrected chi connectivity index (χ1v) is 18.6. The van der Waals surface area contributed by atoms with E-state index in [9.17, 15) is 24.6 Å². The predicted octanol–water partition coefficient (Wildman–Crippen LogP) is 5.02. The van der Waals surface area contributed by atoms with Gasteiger partial charge in [0, 0.05) is 12.5 Å². The number of hydrogen-bond donors (Lipinski definition) is 4. The number of carboxylic acid groups (broad SMARTS) is 1. The molecule has 5 rings (SSSR count). The first-order chi connectivity index (χ1) is 27.4. The minimum Gasteiger partial charge on any atom is -0.480 e. The fourth-order valence-electron chi connectivity index (χ4n) is 6.11. The SMILES string of the molecule is CC(C)C(=O)N[C@@H](CNC(=O)C(F)(F)[C@]1(O)O[C@H](COCc2ccccc2)[C@H](OCc2ccccc2)[C@H](OCc2ccccc2)[C@H]1OCc1ccccc1)C(=O)O. The topological polar surface area (TPSA) is 162 Å². The molecule has 1 saturated heterocycles. The van der Waals surface area contributed by atoms with Crippen LogP contribution in [-0.4, -0.2) is 83.3 Å². The molecule has 0 saturated carbocycles. The number of benzene rings is 4. The quantitative estimate of drug-likeness (QED) is 0.0957. The first kappa shape index (κ1) is 43.0. The van der Waals surface area contributed by atoms with E-state index in [4.69, 9.17) is 23.7 Å². The number of aliphatic hydroxyl groups is 1. The molecule has 0 bridgehead atoms. The second-order valence-electron chi connectivity index (χ2n) is 13.9. The van der Waals surface area contributed by atoms with Crippen molar-refractivity contribution >= 4 is 17.8 Å².